The number of hydrogen-bond acceptors (Lipinski definition) is 2. The molecule has 0 aliphatic carbocycles. The van der Waals surface area contributed by atoms with E-state index >= 15 is 0 Å². The summed E-state index contributed by atoms with van der Waals surface area (Å²) in [6.07, 6.45) is 2.09. The standard InChI is InChI=1S/C15H16Br2ClNS/c1-2-5-19-14(9-13-3-4-15(17)20-13)10-6-11(16)8-12(18)7-10/h3-4,6-8,14,19H,2,5,9H2,1H3. The van der Waals surface area contributed by atoms with Gasteiger partial charge in [0, 0.05) is 26.8 Å². The maximum atomic E-state index is 6.17. The van der Waals surface area contributed by atoms with Gasteiger partial charge in [0.1, 0.15) is 0 Å². The van der Waals surface area contributed by atoms with E-state index < -0.39 is 0 Å². The van der Waals surface area contributed by atoms with Crippen molar-refractivity contribution in [1.82, 2.24) is 5.32 Å². The Bertz CT molecular complexity index is 551. The molecule has 0 aliphatic rings. The van der Waals surface area contributed by atoms with Gasteiger partial charge < -0.3 is 5.32 Å². The molecule has 1 unspecified atom stereocenters. The molecule has 5 heteroatoms. The number of nitrogens with one attached hydrogen (secondary N) is 1. The van der Waals surface area contributed by atoms with Crippen LogP contribution in [0.1, 0.15) is 29.8 Å². The predicted molar refractivity (Wildman–Crippen MR) is 95.9 cm³/mol. The molecule has 1 nitrogen and oxygen atoms in total. The van der Waals surface area contributed by atoms with Crippen molar-refractivity contribution in [3.8, 4) is 0 Å². The van der Waals surface area contributed by atoms with Crippen LogP contribution in [0, 0.1) is 0 Å². The van der Waals surface area contributed by atoms with Crippen molar-refractivity contribution in [2.24, 2.45) is 0 Å². The fourth-order valence-corrected chi connectivity index (χ4v) is 4.48. The maximum absolute atomic E-state index is 6.17. The van der Waals surface area contributed by atoms with Gasteiger partial charge in [0.15, 0.2) is 0 Å². The summed E-state index contributed by atoms with van der Waals surface area (Å²) in [5, 5.41) is 4.38. The first kappa shape index (κ1) is 16.5. The predicted octanol–water partition coefficient (Wildman–Crippen LogP) is 6.21. The summed E-state index contributed by atoms with van der Waals surface area (Å²) in [5.74, 6) is 0. The highest BCUT2D eigenvalue weighted by atomic mass is 79.9. The van der Waals surface area contributed by atoms with Crippen molar-refractivity contribution in [2.75, 3.05) is 6.54 Å². The normalized spacial score (nSPS) is 12.6. The van der Waals surface area contributed by atoms with Crippen molar-refractivity contribution < 1.29 is 0 Å². The van der Waals surface area contributed by atoms with Crippen molar-refractivity contribution >= 4 is 54.8 Å². The summed E-state index contributed by atoms with van der Waals surface area (Å²) in [6.45, 7) is 3.18. The molecule has 2 aromatic rings. The lowest BCUT2D eigenvalue weighted by Gasteiger charge is -2.19. The Labute approximate surface area is 146 Å². The molecule has 1 atom stereocenters. The highest BCUT2D eigenvalue weighted by molar-refractivity contribution is 9.11. The SMILES string of the molecule is CCCNC(Cc1ccc(Br)s1)c1cc(Cl)cc(Br)c1. The molecule has 20 heavy (non-hydrogen) atoms. The molecular formula is C15H16Br2ClNS. The summed E-state index contributed by atoms with van der Waals surface area (Å²) >= 11 is 15.0. The van der Waals surface area contributed by atoms with E-state index in [0.717, 1.165) is 28.9 Å². The molecule has 0 spiro atoms. The maximum Gasteiger partial charge on any atom is 0.0701 e. The summed E-state index contributed by atoms with van der Waals surface area (Å²) in [5.41, 5.74) is 1.22. The van der Waals surface area contributed by atoms with Crippen LogP contribution in [-0.4, -0.2) is 6.54 Å². The van der Waals surface area contributed by atoms with Gasteiger partial charge in [-0.3, -0.25) is 0 Å². The zero-order valence-corrected chi connectivity index (χ0v) is 15.9. The average Bonchev–Trinajstić information content (AvgIpc) is 2.79. The largest absolute Gasteiger partial charge is 0.310 e. The van der Waals surface area contributed by atoms with Gasteiger partial charge >= 0.3 is 0 Å². The highest BCUT2D eigenvalue weighted by Gasteiger charge is 2.14. The highest BCUT2D eigenvalue weighted by Crippen LogP contribution is 2.29. The van der Waals surface area contributed by atoms with Gasteiger partial charge in [-0.1, -0.05) is 34.5 Å². The van der Waals surface area contributed by atoms with E-state index in [1.165, 1.54) is 14.2 Å². The minimum Gasteiger partial charge on any atom is -0.310 e. The Kier molecular flexibility index (Phi) is 6.56. The first-order valence-corrected chi connectivity index (χ1v) is 9.30. The summed E-state index contributed by atoms with van der Waals surface area (Å²) in [4.78, 5) is 1.36. The first-order valence-electron chi connectivity index (χ1n) is 6.52. The molecule has 1 N–H and O–H groups in total. The third-order valence-electron chi connectivity index (χ3n) is 2.96. The lowest BCUT2D eigenvalue weighted by Crippen LogP contribution is -2.23. The molecule has 0 aliphatic heterocycles. The molecule has 108 valence electrons. The summed E-state index contributed by atoms with van der Waals surface area (Å²) < 4.78 is 2.20. The Morgan fingerprint density at radius 2 is 2.05 bits per heavy atom. The number of halogens is 3. The van der Waals surface area contributed by atoms with Gasteiger partial charge in [-0.15, -0.1) is 11.3 Å². The molecule has 0 saturated heterocycles. The fourth-order valence-electron chi connectivity index (χ4n) is 2.07. The van der Waals surface area contributed by atoms with Crippen LogP contribution in [0.15, 0.2) is 38.6 Å². The van der Waals surface area contributed by atoms with Crippen LogP contribution in [0.3, 0.4) is 0 Å². The first-order chi connectivity index (χ1) is 9.58. The van der Waals surface area contributed by atoms with Crippen LogP contribution in [0.4, 0.5) is 0 Å². The van der Waals surface area contributed by atoms with Crippen LogP contribution < -0.4 is 5.32 Å². The monoisotopic (exact) mass is 435 g/mol. The smallest absolute Gasteiger partial charge is 0.0701 e. The summed E-state index contributed by atoms with van der Waals surface area (Å²) in [6, 6.07) is 10.7. The number of rotatable bonds is 6. The lowest BCUT2D eigenvalue weighted by molar-refractivity contribution is 0.532. The quantitative estimate of drug-likeness (QED) is 0.566. The number of benzene rings is 1. The zero-order chi connectivity index (χ0) is 14.5. The average molecular weight is 438 g/mol. The molecule has 0 amide bonds. The topological polar surface area (TPSA) is 12.0 Å². The molecule has 0 bridgehead atoms. The molecule has 0 fully saturated rings. The zero-order valence-electron chi connectivity index (χ0n) is 11.1. The molecular weight excluding hydrogens is 422 g/mol. The Morgan fingerprint density at radius 3 is 2.65 bits per heavy atom. The van der Waals surface area contributed by atoms with Crippen molar-refractivity contribution in [3.05, 3.63) is 54.1 Å². The van der Waals surface area contributed by atoms with E-state index in [1.807, 2.05) is 12.1 Å². The van der Waals surface area contributed by atoms with E-state index in [-0.39, 0.29) is 6.04 Å². The van der Waals surface area contributed by atoms with Gasteiger partial charge in [0.25, 0.3) is 0 Å². The fraction of sp³-hybridized carbons (Fsp3) is 0.333. The second-order valence-corrected chi connectivity index (χ2v) is 8.52. The van der Waals surface area contributed by atoms with Crippen LogP contribution in [0.2, 0.25) is 5.02 Å². The molecule has 1 aromatic heterocycles. The Balaban J connectivity index is 2.21. The molecule has 0 saturated carbocycles. The van der Waals surface area contributed by atoms with Gasteiger partial charge in [0.2, 0.25) is 0 Å². The molecule has 0 radical (unpaired) electrons. The van der Waals surface area contributed by atoms with E-state index in [4.69, 9.17) is 11.6 Å². The van der Waals surface area contributed by atoms with Crippen molar-refractivity contribution in [2.45, 2.75) is 25.8 Å². The number of hydrogen-bond donors (Lipinski definition) is 1. The van der Waals surface area contributed by atoms with Crippen LogP contribution >= 0.6 is 54.8 Å². The van der Waals surface area contributed by atoms with Gasteiger partial charge in [0.05, 0.1) is 3.79 Å². The van der Waals surface area contributed by atoms with Gasteiger partial charge in [-0.25, -0.2) is 0 Å². The summed E-state index contributed by atoms with van der Waals surface area (Å²) in [7, 11) is 0. The minimum atomic E-state index is 0.287. The van der Waals surface area contributed by atoms with E-state index in [2.05, 4.69) is 62.3 Å². The van der Waals surface area contributed by atoms with E-state index in [9.17, 15) is 0 Å². The third-order valence-corrected chi connectivity index (χ3v) is 5.28. The van der Waals surface area contributed by atoms with E-state index in [0.29, 0.717) is 0 Å². The molecule has 2 rings (SSSR count). The van der Waals surface area contributed by atoms with Crippen molar-refractivity contribution in [1.29, 1.82) is 0 Å². The van der Waals surface area contributed by atoms with Gasteiger partial charge in [-0.05, 0) is 64.8 Å². The molecule has 1 heterocycles. The van der Waals surface area contributed by atoms with Crippen LogP contribution in [0.25, 0.3) is 0 Å². The van der Waals surface area contributed by atoms with Crippen LogP contribution in [-0.2, 0) is 6.42 Å². The van der Waals surface area contributed by atoms with Crippen LogP contribution in [0.5, 0.6) is 0 Å². The Morgan fingerprint density at radius 1 is 1.25 bits per heavy atom. The van der Waals surface area contributed by atoms with Gasteiger partial charge in [-0.2, -0.15) is 0 Å². The third kappa shape index (κ3) is 4.85. The Hall–Kier alpha value is 0.130. The second kappa shape index (κ2) is 7.95. The minimum absolute atomic E-state index is 0.287. The van der Waals surface area contributed by atoms with E-state index in [1.54, 1.807) is 11.3 Å². The number of thiophene rings is 1. The van der Waals surface area contributed by atoms with Crippen molar-refractivity contribution in [3.63, 3.8) is 0 Å². The lowest BCUT2D eigenvalue weighted by atomic mass is 10.0. The second-order valence-electron chi connectivity index (χ2n) is 4.62. The molecule has 1 aromatic carbocycles.